The minimum absolute atomic E-state index is 0.715. The van der Waals surface area contributed by atoms with E-state index in [4.69, 9.17) is 5.73 Å². The van der Waals surface area contributed by atoms with Crippen LogP contribution in [0, 0.1) is 0 Å². The van der Waals surface area contributed by atoms with Crippen molar-refractivity contribution in [2.24, 2.45) is 0 Å². The number of para-hydroxylation sites is 1. The zero-order chi connectivity index (χ0) is 11.0. The molecule has 1 aliphatic carbocycles. The molecule has 1 aromatic carbocycles. The van der Waals surface area contributed by atoms with Gasteiger partial charge in [-0.15, -0.1) is 0 Å². The molecule has 82 valence electrons. The second kappa shape index (κ2) is 3.78. The molecular formula is C14H16N2. The van der Waals surface area contributed by atoms with E-state index in [1.165, 1.54) is 36.6 Å². The summed E-state index contributed by atoms with van der Waals surface area (Å²) in [6, 6.07) is 8.26. The van der Waals surface area contributed by atoms with Crippen LogP contribution in [0.15, 0.2) is 30.5 Å². The van der Waals surface area contributed by atoms with Crippen LogP contribution < -0.4 is 5.73 Å². The van der Waals surface area contributed by atoms with Crippen LogP contribution in [0.25, 0.3) is 10.9 Å². The van der Waals surface area contributed by atoms with E-state index in [1.54, 1.807) is 0 Å². The molecule has 0 saturated heterocycles. The topological polar surface area (TPSA) is 38.9 Å². The summed E-state index contributed by atoms with van der Waals surface area (Å²) in [5.41, 5.74) is 9.15. The molecule has 0 radical (unpaired) electrons. The molecule has 1 fully saturated rings. The van der Waals surface area contributed by atoms with Gasteiger partial charge in [-0.2, -0.15) is 0 Å². The van der Waals surface area contributed by atoms with E-state index >= 15 is 0 Å². The average Bonchev–Trinajstić information content (AvgIpc) is 2.82. The molecule has 0 bridgehead atoms. The molecule has 1 saturated carbocycles. The molecule has 0 amide bonds. The van der Waals surface area contributed by atoms with Crippen molar-refractivity contribution in [3.63, 3.8) is 0 Å². The second-order valence-electron chi connectivity index (χ2n) is 4.62. The summed E-state index contributed by atoms with van der Waals surface area (Å²) in [5.74, 6) is 0.715. The Labute approximate surface area is 95.5 Å². The molecular weight excluding hydrogens is 196 g/mol. The monoisotopic (exact) mass is 212 g/mol. The van der Waals surface area contributed by atoms with Crippen molar-refractivity contribution in [2.75, 3.05) is 5.73 Å². The lowest BCUT2D eigenvalue weighted by atomic mass is 9.94. The van der Waals surface area contributed by atoms with Gasteiger partial charge in [0.05, 0.1) is 11.2 Å². The smallest absolute Gasteiger partial charge is 0.0933 e. The maximum atomic E-state index is 5.96. The summed E-state index contributed by atoms with van der Waals surface area (Å²) in [6.45, 7) is 0. The first kappa shape index (κ1) is 9.64. The van der Waals surface area contributed by atoms with Gasteiger partial charge in [-0.3, -0.25) is 4.98 Å². The van der Waals surface area contributed by atoms with Crippen LogP contribution in [0.1, 0.15) is 37.2 Å². The van der Waals surface area contributed by atoms with Gasteiger partial charge >= 0.3 is 0 Å². The highest BCUT2D eigenvalue weighted by Gasteiger charge is 2.19. The normalized spacial score (nSPS) is 17.0. The number of benzene rings is 1. The Morgan fingerprint density at radius 1 is 1.12 bits per heavy atom. The summed E-state index contributed by atoms with van der Waals surface area (Å²) < 4.78 is 0. The van der Waals surface area contributed by atoms with Crippen molar-refractivity contribution < 1.29 is 0 Å². The van der Waals surface area contributed by atoms with E-state index in [0.717, 1.165) is 11.2 Å². The molecule has 0 spiro atoms. The molecule has 0 atom stereocenters. The van der Waals surface area contributed by atoms with Crippen molar-refractivity contribution in [2.45, 2.75) is 31.6 Å². The number of nitrogens with two attached hydrogens (primary N) is 1. The maximum Gasteiger partial charge on any atom is 0.0933 e. The fourth-order valence-electron chi connectivity index (χ4n) is 2.81. The summed E-state index contributed by atoms with van der Waals surface area (Å²) in [6.07, 6.45) is 7.24. The van der Waals surface area contributed by atoms with Crippen LogP contribution in [-0.2, 0) is 0 Å². The van der Waals surface area contributed by atoms with Crippen LogP contribution in [0.4, 0.5) is 5.69 Å². The van der Waals surface area contributed by atoms with Gasteiger partial charge in [-0.05, 0) is 36.5 Å². The highest BCUT2D eigenvalue weighted by Crippen LogP contribution is 2.37. The molecule has 2 nitrogen and oxygen atoms in total. The molecule has 3 rings (SSSR count). The van der Waals surface area contributed by atoms with E-state index in [-0.39, 0.29) is 0 Å². The highest BCUT2D eigenvalue weighted by molar-refractivity contribution is 5.91. The standard InChI is InChI=1S/C14H16N2/c15-13-7-3-6-12-11(8-9-16-14(12)13)10-4-1-2-5-10/h3,6-10H,1-2,4-5,15H2. The van der Waals surface area contributed by atoms with E-state index in [2.05, 4.69) is 17.1 Å². The van der Waals surface area contributed by atoms with E-state index in [9.17, 15) is 0 Å². The molecule has 1 heterocycles. The van der Waals surface area contributed by atoms with Gasteiger partial charge in [0.15, 0.2) is 0 Å². The van der Waals surface area contributed by atoms with Crippen molar-refractivity contribution in [3.8, 4) is 0 Å². The molecule has 2 aromatic rings. The lowest BCUT2D eigenvalue weighted by Crippen LogP contribution is -1.97. The van der Waals surface area contributed by atoms with Crippen LogP contribution in [-0.4, -0.2) is 4.98 Å². The number of nitrogen functional groups attached to an aromatic ring is 1. The third-order valence-corrected chi connectivity index (χ3v) is 3.63. The van der Waals surface area contributed by atoms with Crippen molar-refractivity contribution in [3.05, 3.63) is 36.0 Å². The van der Waals surface area contributed by atoms with Crippen molar-refractivity contribution in [1.82, 2.24) is 4.98 Å². The SMILES string of the molecule is Nc1cccc2c(C3CCCC3)ccnc12. The van der Waals surface area contributed by atoms with Gasteiger partial charge in [0.2, 0.25) is 0 Å². The minimum atomic E-state index is 0.715. The average molecular weight is 212 g/mol. The first-order valence-electron chi connectivity index (χ1n) is 5.99. The van der Waals surface area contributed by atoms with Gasteiger partial charge in [0.1, 0.15) is 0 Å². The van der Waals surface area contributed by atoms with Gasteiger partial charge in [-0.1, -0.05) is 25.0 Å². The van der Waals surface area contributed by atoms with Crippen LogP contribution in [0.3, 0.4) is 0 Å². The minimum Gasteiger partial charge on any atom is -0.397 e. The van der Waals surface area contributed by atoms with Crippen LogP contribution in [0.2, 0.25) is 0 Å². The largest absolute Gasteiger partial charge is 0.397 e. The Kier molecular flexibility index (Phi) is 2.28. The molecule has 1 aromatic heterocycles. The summed E-state index contributed by atoms with van der Waals surface area (Å²) in [5, 5.41) is 1.24. The predicted octanol–water partition coefficient (Wildman–Crippen LogP) is 3.47. The zero-order valence-electron chi connectivity index (χ0n) is 9.32. The molecule has 2 heteroatoms. The fourth-order valence-corrected chi connectivity index (χ4v) is 2.81. The van der Waals surface area contributed by atoms with Crippen molar-refractivity contribution >= 4 is 16.6 Å². The molecule has 16 heavy (non-hydrogen) atoms. The van der Waals surface area contributed by atoms with Crippen LogP contribution in [0.5, 0.6) is 0 Å². The summed E-state index contributed by atoms with van der Waals surface area (Å²) in [4.78, 5) is 4.39. The zero-order valence-corrected chi connectivity index (χ0v) is 9.32. The first-order valence-corrected chi connectivity index (χ1v) is 5.99. The second-order valence-corrected chi connectivity index (χ2v) is 4.62. The van der Waals surface area contributed by atoms with E-state index < -0.39 is 0 Å². The quantitative estimate of drug-likeness (QED) is 0.735. The Balaban J connectivity index is 2.20. The number of hydrogen-bond donors (Lipinski definition) is 1. The number of hydrogen-bond acceptors (Lipinski definition) is 2. The summed E-state index contributed by atoms with van der Waals surface area (Å²) >= 11 is 0. The molecule has 2 N–H and O–H groups in total. The fraction of sp³-hybridized carbons (Fsp3) is 0.357. The van der Waals surface area contributed by atoms with Gasteiger partial charge < -0.3 is 5.73 Å². The Morgan fingerprint density at radius 2 is 1.94 bits per heavy atom. The highest BCUT2D eigenvalue weighted by atomic mass is 14.7. The van der Waals surface area contributed by atoms with Crippen molar-refractivity contribution in [1.29, 1.82) is 0 Å². The molecule has 0 unspecified atom stereocenters. The third-order valence-electron chi connectivity index (χ3n) is 3.63. The molecule has 0 aliphatic heterocycles. The predicted molar refractivity (Wildman–Crippen MR) is 67.4 cm³/mol. The number of pyridine rings is 1. The Morgan fingerprint density at radius 3 is 2.75 bits per heavy atom. The lowest BCUT2D eigenvalue weighted by Gasteiger charge is -2.13. The van der Waals surface area contributed by atoms with Crippen LogP contribution >= 0.6 is 0 Å². The third kappa shape index (κ3) is 1.45. The van der Waals surface area contributed by atoms with E-state index in [0.29, 0.717) is 5.92 Å². The number of rotatable bonds is 1. The maximum absolute atomic E-state index is 5.96. The summed E-state index contributed by atoms with van der Waals surface area (Å²) in [7, 11) is 0. The lowest BCUT2D eigenvalue weighted by molar-refractivity contribution is 0.729. The number of anilines is 1. The molecule has 1 aliphatic rings. The Hall–Kier alpha value is -1.57. The number of aromatic nitrogens is 1. The number of nitrogens with zero attached hydrogens (tertiary/aromatic N) is 1. The van der Waals surface area contributed by atoms with Gasteiger partial charge in [0, 0.05) is 11.6 Å². The van der Waals surface area contributed by atoms with Gasteiger partial charge in [0.25, 0.3) is 0 Å². The van der Waals surface area contributed by atoms with Gasteiger partial charge in [-0.25, -0.2) is 0 Å². The van der Waals surface area contributed by atoms with E-state index in [1.807, 2.05) is 18.3 Å². The first-order chi connectivity index (χ1) is 7.86. The Bertz CT molecular complexity index is 513. The number of fused-ring (bicyclic) bond motifs is 1.